The summed E-state index contributed by atoms with van der Waals surface area (Å²) < 4.78 is 2.02. The molecular weight excluding hydrogens is 212 g/mol. The smallest absolute Gasteiger partial charge is 0.130 e. The minimum atomic E-state index is 0.240. The molecule has 0 spiro atoms. The van der Waals surface area contributed by atoms with Crippen molar-refractivity contribution in [1.29, 1.82) is 0 Å². The number of rotatable bonds is 3. The second-order valence-corrected chi connectivity index (χ2v) is 5.62. The van der Waals surface area contributed by atoms with Gasteiger partial charge in [-0.3, -0.25) is 4.68 Å². The van der Waals surface area contributed by atoms with E-state index in [1.807, 2.05) is 11.7 Å². The fraction of sp³-hybridized carbons (Fsp3) is 0.769. The first kappa shape index (κ1) is 12.4. The van der Waals surface area contributed by atoms with Gasteiger partial charge in [0.1, 0.15) is 5.82 Å². The molecule has 1 aromatic rings. The van der Waals surface area contributed by atoms with Gasteiger partial charge in [-0.15, -0.1) is 0 Å². The Labute approximate surface area is 104 Å². The Kier molecular flexibility index (Phi) is 3.17. The van der Waals surface area contributed by atoms with E-state index >= 15 is 0 Å². The van der Waals surface area contributed by atoms with Gasteiger partial charge in [0.2, 0.25) is 0 Å². The first-order valence-corrected chi connectivity index (χ1v) is 6.47. The van der Waals surface area contributed by atoms with E-state index in [1.165, 1.54) is 24.2 Å². The zero-order valence-corrected chi connectivity index (χ0v) is 11.5. The normalized spacial score (nSPS) is 19.0. The fourth-order valence-electron chi connectivity index (χ4n) is 2.96. The highest BCUT2D eigenvalue weighted by Gasteiger charge is 2.35. The summed E-state index contributed by atoms with van der Waals surface area (Å²) in [5.41, 5.74) is 8.40. The summed E-state index contributed by atoms with van der Waals surface area (Å²) in [5.74, 6) is 1.27. The third-order valence-corrected chi connectivity index (χ3v) is 3.86. The largest absolute Gasteiger partial charge is 0.351 e. The Morgan fingerprint density at radius 1 is 1.41 bits per heavy atom. The first-order valence-electron chi connectivity index (χ1n) is 6.47. The number of nitrogens with zero attached hydrogens (tertiary/aromatic N) is 3. The predicted octanol–water partition coefficient (Wildman–Crippen LogP) is 1.61. The molecule has 0 amide bonds. The summed E-state index contributed by atoms with van der Waals surface area (Å²) in [4.78, 5) is 2.50. The molecule has 1 aromatic heterocycles. The lowest BCUT2D eigenvalue weighted by atomic mass is 10.0. The van der Waals surface area contributed by atoms with Crippen LogP contribution in [0.5, 0.6) is 0 Å². The highest BCUT2D eigenvalue weighted by Crippen LogP contribution is 2.36. The molecule has 4 nitrogen and oxygen atoms in total. The van der Waals surface area contributed by atoms with Crippen molar-refractivity contribution in [3.8, 4) is 0 Å². The maximum Gasteiger partial charge on any atom is 0.130 e. The van der Waals surface area contributed by atoms with Crippen molar-refractivity contribution >= 4 is 5.82 Å². The van der Waals surface area contributed by atoms with Gasteiger partial charge in [-0.05, 0) is 46.6 Å². The third kappa shape index (κ3) is 2.06. The average Bonchev–Trinajstić information content (AvgIpc) is 2.69. The van der Waals surface area contributed by atoms with E-state index < -0.39 is 0 Å². The van der Waals surface area contributed by atoms with Crippen molar-refractivity contribution in [2.45, 2.75) is 45.6 Å². The van der Waals surface area contributed by atoms with Crippen LogP contribution in [0.1, 0.15) is 37.9 Å². The quantitative estimate of drug-likeness (QED) is 0.867. The fourth-order valence-corrected chi connectivity index (χ4v) is 2.96. The lowest BCUT2D eigenvalue weighted by Crippen LogP contribution is -2.40. The lowest BCUT2D eigenvalue weighted by molar-refractivity contribution is 0.504. The molecule has 0 radical (unpaired) electrons. The molecule has 0 unspecified atom stereocenters. The molecule has 0 aromatic carbocycles. The van der Waals surface area contributed by atoms with Crippen LogP contribution < -0.4 is 10.6 Å². The van der Waals surface area contributed by atoms with E-state index in [4.69, 9.17) is 5.73 Å². The maximum atomic E-state index is 5.72. The van der Waals surface area contributed by atoms with Crippen LogP contribution in [0.4, 0.5) is 5.82 Å². The monoisotopic (exact) mass is 236 g/mol. The molecule has 1 fully saturated rings. The van der Waals surface area contributed by atoms with Crippen LogP contribution in [0.25, 0.3) is 0 Å². The molecule has 1 saturated heterocycles. The van der Waals surface area contributed by atoms with E-state index in [0.29, 0.717) is 6.54 Å². The van der Waals surface area contributed by atoms with Gasteiger partial charge in [0.05, 0.1) is 5.69 Å². The first-order chi connectivity index (χ1) is 7.97. The predicted molar refractivity (Wildman–Crippen MR) is 71.4 cm³/mol. The van der Waals surface area contributed by atoms with Crippen LogP contribution in [0.15, 0.2) is 0 Å². The van der Waals surface area contributed by atoms with Crippen molar-refractivity contribution in [2.75, 3.05) is 18.0 Å². The summed E-state index contributed by atoms with van der Waals surface area (Å²) in [6, 6.07) is 0. The summed E-state index contributed by atoms with van der Waals surface area (Å²) in [5, 5.41) is 4.56. The van der Waals surface area contributed by atoms with Crippen LogP contribution in [0, 0.1) is 6.92 Å². The topological polar surface area (TPSA) is 47.1 Å². The van der Waals surface area contributed by atoms with Gasteiger partial charge in [0.15, 0.2) is 0 Å². The highest BCUT2D eigenvalue weighted by molar-refractivity contribution is 5.53. The summed E-state index contributed by atoms with van der Waals surface area (Å²) in [7, 11) is 2.04. The van der Waals surface area contributed by atoms with E-state index in [1.54, 1.807) is 0 Å². The van der Waals surface area contributed by atoms with E-state index in [2.05, 4.69) is 30.8 Å². The minimum Gasteiger partial charge on any atom is -0.351 e. The van der Waals surface area contributed by atoms with Crippen molar-refractivity contribution in [2.24, 2.45) is 12.8 Å². The highest BCUT2D eigenvalue weighted by atomic mass is 15.4. The number of aromatic nitrogens is 2. The van der Waals surface area contributed by atoms with Crippen molar-refractivity contribution in [1.82, 2.24) is 9.78 Å². The van der Waals surface area contributed by atoms with E-state index in [9.17, 15) is 0 Å². The molecule has 1 aliphatic rings. The third-order valence-electron chi connectivity index (χ3n) is 3.86. The van der Waals surface area contributed by atoms with Crippen LogP contribution in [-0.4, -0.2) is 28.4 Å². The van der Waals surface area contributed by atoms with Crippen LogP contribution >= 0.6 is 0 Å². The van der Waals surface area contributed by atoms with Gasteiger partial charge < -0.3 is 10.6 Å². The Morgan fingerprint density at radius 2 is 2.12 bits per heavy atom. The Hall–Kier alpha value is -1.03. The van der Waals surface area contributed by atoms with E-state index in [0.717, 1.165) is 18.7 Å². The molecule has 4 heteroatoms. The molecule has 2 heterocycles. The molecule has 96 valence electrons. The molecule has 17 heavy (non-hydrogen) atoms. The number of hydrogen-bond acceptors (Lipinski definition) is 3. The van der Waals surface area contributed by atoms with Gasteiger partial charge in [0.25, 0.3) is 0 Å². The standard InChI is InChI=1S/C13H24N4/c1-10-11(6-8-14)12(16(4)15-10)17-9-5-7-13(17,2)3/h5-9,14H2,1-4H3. The molecule has 0 bridgehead atoms. The van der Waals surface area contributed by atoms with Gasteiger partial charge >= 0.3 is 0 Å². The Bertz CT molecular complexity index is 406. The number of nitrogens with two attached hydrogens (primary N) is 1. The second-order valence-electron chi connectivity index (χ2n) is 5.62. The second kappa shape index (κ2) is 4.33. The van der Waals surface area contributed by atoms with Crippen LogP contribution in [0.3, 0.4) is 0 Å². The maximum absolute atomic E-state index is 5.72. The summed E-state index contributed by atoms with van der Waals surface area (Å²) >= 11 is 0. The number of hydrogen-bond donors (Lipinski definition) is 1. The SMILES string of the molecule is Cc1nn(C)c(N2CCCC2(C)C)c1CCN. The van der Waals surface area contributed by atoms with Gasteiger partial charge in [-0.1, -0.05) is 0 Å². The zero-order chi connectivity index (χ0) is 12.6. The molecule has 0 aliphatic carbocycles. The molecule has 2 N–H and O–H groups in total. The summed E-state index contributed by atoms with van der Waals surface area (Å²) in [6.45, 7) is 8.53. The average molecular weight is 236 g/mol. The molecular formula is C13H24N4. The molecule has 0 atom stereocenters. The van der Waals surface area contributed by atoms with Crippen molar-refractivity contribution in [3.63, 3.8) is 0 Å². The molecule has 0 saturated carbocycles. The molecule has 2 rings (SSSR count). The van der Waals surface area contributed by atoms with Gasteiger partial charge in [0, 0.05) is 24.7 Å². The molecule has 1 aliphatic heterocycles. The van der Waals surface area contributed by atoms with Crippen LogP contribution in [0.2, 0.25) is 0 Å². The number of anilines is 1. The summed E-state index contributed by atoms with van der Waals surface area (Å²) in [6.07, 6.45) is 3.43. The van der Waals surface area contributed by atoms with Gasteiger partial charge in [-0.2, -0.15) is 5.10 Å². The zero-order valence-electron chi connectivity index (χ0n) is 11.5. The van der Waals surface area contributed by atoms with Gasteiger partial charge in [-0.25, -0.2) is 0 Å². The van der Waals surface area contributed by atoms with Crippen molar-refractivity contribution in [3.05, 3.63) is 11.3 Å². The minimum absolute atomic E-state index is 0.240. The number of aryl methyl sites for hydroxylation is 2. The Balaban J connectivity index is 2.43. The van der Waals surface area contributed by atoms with Crippen LogP contribution in [-0.2, 0) is 13.5 Å². The van der Waals surface area contributed by atoms with E-state index in [-0.39, 0.29) is 5.54 Å². The van der Waals surface area contributed by atoms with Crippen molar-refractivity contribution < 1.29 is 0 Å². The Morgan fingerprint density at radius 3 is 2.65 bits per heavy atom. The lowest BCUT2D eigenvalue weighted by Gasteiger charge is -2.34.